The molecule has 0 N–H and O–H groups in total. The van der Waals surface area contributed by atoms with Crippen LogP contribution in [0.2, 0.25) is 0 Å². The normalized spacial score (nSPS) is 14.4. The Hall–Kier alpha value is -2.25. The average molecular weight is 369 g/mol. The summed E-state index contributed by atoms with van der Waals surface area (Å²) in [6.07, 6.45) is 2.76. The van der Waals surface area contributed by atoms with Gasteiger partial charge in [-0.3, -0.25) is 14.5 Å². The molecule has 0 aliphatic carbocycles. The Morgan fingerprint density at radius 3 is 2.84 bits per heavy atom. The van der Waals surface area contributed by atoms with Gasteiger partial charge in [-0.25, -0.2) is 9.97 Å². The van der Waals surface area contributed by atoms with Gasteiger partial charge in [0.25, 0.3) is 0 Å². The number of carbonyl (C=O) groups is 2. The van der Waals surface area contributed by atoms with Gasteiger partial charge in [0.05, 0.1) is 5.75 Å². The molecule has 1 aliphatic heterocycles. The van der Waals surface area contributed by atoms with Crippen molar-refractivity contribution in [1.29, 1.82) is 0 Å². The molecule has 1 aliphatic rings. The first-order valence-electron chi connectivity index (χ1n) is 7.98. The fraction of sp³-hybridized carbons (Fsp3) is 0.222. The minimum absolute atomic E-state index is 0.0691. The first-order valence-corrected chi connectivity index (χ1v) is 9.78. The zero-order valence-electron chi connectivity index (χ0n) is 13.3. The third-order valence-corrected chi connectivity index (χ3v) is 6.14. The van der Waals surface area contributed by atoms with E-state index in [2.05, 4.69) is 28.2 Å². The van der Waals surface area contributed by atoms with E-state index in [0.717, 1.165) is 32.1 Å². The van der Waals surface area contributed by atoms with Crippen LogP contribution in [0, 0.1) is 0 Å². The van der Waals surface area contributed by atoms with E-state index in [1.54, 1.807) is 11.3 Å². The zero-order valence-corrected chi connectivity index (χ0v) is 15.0. The highest BCUT2D eigenvalue weighted by Crippen LogP contribution is 2.36. The quantitative estimate of drug-likeness (QED) is 0.519. The van der Waals surface area contributed by atoms with Crippen LogP contribution in [0.25, 0.3) is 20.7 Å². The summed E-state index contributed by atoms with van der Waals surface area (Å²) >= 11 is 2.98. The lowest BCUT2D eigenvalue weighted by Gasteiger charge is -2.12. The molecule has 0 radical (unpaired) electrons. The van der Waals surface area contributed by atoms with Crippen LogP contribution in [-0.2, 0) is 9.59 Å². The molecule has 7 heteroatoms. The van der Waals surface area contributed by atoms with Crippen molar-refractivity contribution >= 4 is 45.1 Å². The fourth-order valence-corrected chi connectivity index (χ4v) is 4.73. The van der Waals surface area contributed by atoms with Gasteiger partial charge in [0.2, 0.25) is 11.8 Å². The van der Waals surface area contributed by atoms with E-state index in [1.165, 1.54) is 23.0 Å². The summed E-state index contributed by atoms with van der Waals surface area (Å²) in [4.78, 5) is 36.0. The van der Waals surface area contributed by atoms with Crippen LogP contribution < -0.4 is 0 Å². The van der Waals surface area contributed by atoms with Gasteiger partial charge in [-0.1, -0.05) is 42.1 Å². The summed E-state index contributed by atoms with van der Waals surface area (Å²) in [5.74, 6) is 0.00655. The number of amides is 2. The Morgan fingerprint density at radius 1 is 1.24 bits per heavy atom. The monoisotopic (exact) mass is 369 g/mol. The number of imide groups is 1. The van der Waals surface area contributed by atoms with E-state index in [0.29, 0.717) is 13.0 Å². The molecule has 1 saturated heterocycles. The maximum absolute atomic E-state index is 12.2. The zero-order chi connectivity index (χ0) is 17.2. The maximum atomic E-state index is 12.2. The van der Waals surface area contributed by atoms with Crippen LogP contribution in [0.4, 0.5) is 0 Å². The maximum Gasteiger partial charge on any atom is 0.239 e. The number of carbonyl (C=O) groups excluding carboxylic acids is 2. The third-order valence-electron chi connectivity index (χ3n) is 4.06. The molecule has 0 unspecified atom stereocenters. The average Bonchev–Trinajstić information content (AvgIpc) is 3.26. The standard InChI is InChI=1S/C18H15N3O2S2/c22-15-7-4-8-21(15)16(23)10-24-17-13-9-14(12-5-2-1-3-6-12)25-18(13)20-11-19-17/h1-3,5-6,9,11H,4,7-8,10H2. The summed E-state index contributed by atoms with van der Waals surface area (Å²) in [7, 11) is 0. The molecular formula is C18H15N3O2S2. The second-order valence-electron chi connectivity index (χ2n) is 5.71. The van der Waals surface area contributed by atoms with Gasteiger partial charge in [-0.05, 0) is 18.1 Å². The summed E-state index contributed by atoms with van der Waals surface area (Å²) in [6, 6.07) is 12.2. The number of fused-ring (bicyclic) bond motifs is 1. The second-order valence-corrected chi connectivity index (χ2v) is 7.70. The number of hydrogen-bond donors (Lipinski definition) is 0. The first kappa shape index (κ1) is 16.2. The largest absolute Gasteiger partial charge is 0.282 e. The van der Waals surface area contributed by atoms with Gasteiger partial charge >= 0.3 is 0 Å². The molecule has 0 saturated carbocycles. The number of thiophene rings is 1. The number of aromatic nitrogens is 2. The van der Waals surface area contributed by atoms with Gasteiger partial charge < -0.3 is 0 Å². The molecule has 1 aromatic carbocycles. The Morgan fingerprint density at radius 2 is 2.08 bits per heavy atom. The van der Waals surface area contributed by atoms with Gasteiger partial charge in [0.1, 0.15) is 16.2 Å². The van der Waals surface area contributed by atoms with E-state index < -0.39 is 0 Å². The van der Waals surface area contributed by atoms with Crippen molar-refractivity contribution in [2.45, 2.75) is 17.9 Å². The third kappa shape index (κ3) is 3.29. The number of benzene rings is 1. The Bertz CT molecular complexity index is 940. The Kier molecular flexibility index (Phi) is 4.50. The molecule has 0 bridgehead atoms. The predicted octanol–water partition coefficient (Wildman–Crippen LogP) is 3.60. The Balaban J connectivity index is 1.56. The van der Waals surface area contributed by atoms with E-state index in [-0.39, 0.29) is 17.6 Å². The molecular weight excluding hydrogens is 354 g/mol. The number of thioether (sulfide) groups is 1. The van der Waals surface area contributed by atoms with Crippen LogP contribution in [-0.4, -0.2) is 39.0 Å². The molecule has 4 rings (SSSR count). The van der Waals surface area contributed by atoms with E-state index >= 15 is 0 Å². The molecule has 2 amide bonds. The molecule has 1 fully saturated rings. The molecule has 5 nitrogen and oxygen atoms in total. The van der Waals surface area contributed by atoms with Crippen LogP contribution >= 0.6 is 23.1 Å². The van der Waals surface area contributed by atoms with Crippen molar-refractivity contribution in [3.63, 3.8) is 0 Å². The van der Waals surface area contributed by atoms with E-state index in [4.69, 9.17) is 0 Å². The summed E-state index contributed by atoms with van der Waals surface area (Å²) in [5, 5.41) is 1.74. The van der Waals surface area contributed by atoms with Crippen molar-refractivity contribution in [3.05, 3.63) is 42.7 Å². The topological polar surface area (TPSA) is 63.2 Å². The van der Waals surface area contributed by atoms with Gasteiger partial charge in [-0.2, -0.15) is 0 Å². The number of rotatable bonds is 4. The summed E-state index contributed by atoms with van der Waals surface area (Å²) < 4.78 is 0. The molecule has 0 atom stereocenters. The lowest BCUT2D eigenvalue weighted by Crippen LogP contribution is -2.33. The summed E-state index contributed by atoms with van der Waals surface area (Å²) in [5.41, 5.74) is 1.14. The van der Waals surface area contributed by atoms with Crippen LogP contribution in [0.3, 0.4) is 0 Å². The van der Waals surface area contributed by atoms with Crippen molar-refractivity contribution in [1.82, 2.24) is 14.9 Å². The van der Waals surface area contributed by atoms with Crippen LogP contribution in [0.5, 0.6) is 0 Å². The van der Waals surface area contributed by atoms with Crippen molar-refractivity contribution in [2.75, 3.05) is 12.3 Å². The molecule has 3 aromatic rings. The molecule has 25 heavy (non-hydrogen) atoms. The number of hydrogen-bond acceptors (Lipinski definition) is 6. The molecule has 2 aromatic heterocycles. The van der Waals surface area contributed by atoms with Gasteiger partial charge in [-0.15, -0.1) is 11.3 Å². The molecule has 0 spiro atoms. The minimum atomic E-state index is -0.141. The summed E-state index contributed by atoms with van der Waals surface area (Å²) in [6.45, 7) is 0.536. The fourth-order valence-electron chi connectivity index (χ4n) is 2.81. The van der Waals surface area contributed by atoms with E-state index in [1.807, 2.05) is 18.2 Å². The molecule has 3 heterocycles. The Labute approximate surface area is 153 Å². The SMILES string of the molecule is O=C1CCCN1C(=O)CSc1ncnc2sc(-c3ccccc3)cc12. The highest BCUT2D eigenvalue weighted by atomic mass is 32.2. The lowest BCUT2D eigenvalue weighted by atomic mass is 10.2. The number of nitrogens with zero attached hydrogens (tertiary/aromatic N) is 3. The van der Waals surface area contributed by atoms with Crippen molar-refractivity contribution < 1.29 is 9.59 Å². The van der Waals surface area contributed by atoms with Crippen LogP contribution in [0.15, 0.2) is 47.8 Å². The van der Waals surface area contributed by atoms with E-state index in [9.17, 15) is 9.59 Å². The second kappa shape index (κ2) is 6.93. The predicted molar refractivity (Wildman–Crippen MR) is 99.5 cm³/mol. The highest BCUT2D eigenvalue weighted by Gasteiger charge is 2.26. The van der Waals surface area contributed by atoms with Crippen LogP contribution in [0.1, 0.15) is 12.8 Å². The highest BCUT2D eigenvalue weighted by molar-refractivity contribution is 8.00. The van der Waals surface area contributed by atoms with Crippen molar-refractivity contribution in [3.8, 4) is 10.4 Å². The van der Waals surface area contributed by atoms with Crippen molar-refractivity contribution in [2.24, 2.45) is 0 Å². The lowest BCUT2D eigenvalue weighted by molar-refractivity contribution is -0.140. The molecule has 126 valence electrons. The van der Waals surface area contributed by atoms with Gasteiger partial charge in [0.15, 0.2) is 0 Å². The van der Waals surface area contributed by atoms with Gasteiger partial charge in [0, 0.05) is 23.2 Å². The first-order chi connectivity index (χ1) is 12.2. The number of likely N-dealkylation sites (tertiary alicyclic amines) is 1. The smallest absolute Gasteiger partial charge is 0.239 e. The minimum Gasteiger partial charge on any atom is -0.282 e.